The lowest BCUT2D eigenvalue weighted by atomic mass is 10.1. The zero-order valence-electron chi connectivity index (χ0n) is 50.8. The average Bonchev–Trinajstić information content (AvgIpc) is 3.45. The van der Waals surface area contributed by atoms with Crippen molar-refractivity contribution < 1.29 is 52.2 Å². The highest BCUT2D eigenvalue weighted by molar-refractivity contribution is 7.47. The van der Waals surface area contributed by atoms with Crippen molar-refractivity contribution >= 4 is 25.7 Å². The van der Waals surface area contributed by atoms with Crippen LogP contribution in [0.25, 0.3) is 0 Å². The molecule has 12 heteroatoms. The Balaban J connectivity index is 4.81. The second-order valence-electron chi connectivity index (χ2n) is 20.9. The molecule has 0 bridgehead atoms. The van der Waals surface area contributed by atoms with Gasteiger partial charge in [0.25, 0.3) is 0 Å². The van der Waals surface area contributed by atoms with E-state index >= 15 is 0 Å². The second-order valence-corrected chi connectivity index (χ2v) is 22.3. The first-order valence-corrected chi connectivity index (χ1v) is 33.3. The molecule has 0 saturated heterocycles. The summed E-state index contributed by atoms with van der Waals surface area (Å²) in [6.07, 6.45) is 75.0. The minimum Gasteiger partial charge on any atom is -0.462 e. The molecule has 0 fully saturated rings. The van der Waals surface area contributed by atoms with Crippen LogP contribution in [0.3, 0.4) is 0 Å². The van der Waals surface area contributed by atoms with Crippen LogP contribution in [0.4, 0.5) is 0 Å². The van der Waals surface area contributed by atoms with Crippen LogP contribution in [0.5, 0.6) is 0 Å². The van der Waals surface area contributed by atoms with Gasteiger partial charge in [-0.2, -0.15) is 0 Å². The monoisotopic (exact) mass is 1140 g/mol. The molecule has 3 unspecified atom stereocenters. The predicted molar refractivity (Wildman–Crippen MR) is 334 cm³/mol. The lowest BCUT2D eigenvalue weighted by molar-refractivity contribution is -0.161. The number of unbranched alkanes of at least 4 members (excludes halogenated alkanes) is 24. The van der Waals surface area contributed by atoms with Crippen molar-refractivity contribution in [1.82, 2.24) is 0 Å². The summed E-state index contributed by atoms with van der Waals surface area (Å²) in [5.74, 6) is -1.62. The van der Waals surface area contributed by atoms with Gasteiger partial charge < -0.3 is 24.2 Å². The van der Waals surface area contributed by atoms with E-state index < -0.39 is 57.8 Å². The maximum absolute atomic E-state index is 13.0. The molecule has 80 heavy (non-hydrogen) atoms. The van der Waals surface area contributed by atoms with Gasteiger partial charge in [0, 0.05) is 12.8 Å². The molecular weight excluding hydrogens is 1020 g/mol. The molecule has 3 atom stereocenters. The summed E-state index contributed by atoms with van der Waals surface area (Å²) < 4.78 is 39.5. The minimum absolute atomic E-state index is 0.0601. The normalized spacial score (nSPS) is 14.0. The van der Waals surface area contributed by atoms with Crippen molar-refractivity contribution in [2.75, 3.05) is 26.4 Å². The third-order valence-electron chi connectivity index (χ3n) is 13.2. The summed E-state index contributed by atoms with van der Waals surface area (Å²) in [5.41, 5.74) is 0. The Morgan fingerprint density at radius 2 is 0.700 bits per heavy atom. The first-order chi connectivity index (χ1) is 39.2. The maximum Gasteiger partial charge on any atom is 0.472 e. The van der Waals surface area contributed by atoms with Crippen LogP contribution in [0.15, 0.2) is 109 Å². The predicted octanol–water partition coefficient (Wildman–Crippen LogP) is 19.4. The van der Waals surface area contributed by atoms with E-state index in [2.05, 4.69) is 106 Å². The van der Waals surface area contributed by atoms with Crippen LogP contribution in [0, 0.1) is 0 Å². The number of phosphoric acid groups is 1. The number of phosphoric ester groups is 1. The molecule has 0 saturated carbocycles. The summed E-state index contributed by atoms with van der Waals surface area (Å²) in [6.45, 7) is 4.39. The molecule has 0 aliphatic rings. The average molecular weight is 1140 g/mol. The van der Waals surface area contributed by atoms with Crippen molar-refractivity contribution in [1.29, 1.82) is 0 Å². The number of hydrogen-bond acceptors (Lipinski definition) is 10. The first kappa shape index (κ1) is 76.1. The van der Waals surface area contributed by atoms with E-state index in [0.717, 1.165) is 96.3 Å². The largest absolute Gasteiger partial charge is 0.472 e. The van der Waals surface area contributed by atoms with Gasteiger partial charge in [-0.3, -0.25) is 23.4 Å². The summed E-state index contributed by atoms with van der Waals surface area (Å²) in [6, 6.07) is 0. The van der Waals surface area contributed by atoms with E-state index in [4.69, 9.17) is 23.3 Å². The van der Waals surface area contributed by atoms with Crippen LogP contribution in [0.1, 0.15) is 265 Å². The molecule has 0 amide bonds. The van der Waals surface area contributed by atoms with E-state index in [9.17, 15) is 28.9 Å². The number of allylic oxidation sites excluding steroid dienone is 17. The Morgan fingerprint density at radius 3 is 1.14 bits per heavy atom. The first-order valence-electron chi connectivity index (χ1n) is 31.8. The van der Waals surface area contributed by atoms with Gasteiger partial charge >= 0.3 is 25.7 Å². The molecule has 0 heterocycles. The zero-order chi connectivity index (χ0) is 58.3. The molecule has 0 spiro atoms. The summed E-state index contributed by atoms with van der Waals surface area (Å²) >= 11 is 0. The Morgan fingerprint density at radius 1 is 0.375 bits per heavy atom. The van der Waals surface area contributed by atoms with Crippen molar-refractivity contribution in [3.63, 3.8) is 0 Å². The fourth-order valence-corrected chi connectivity index (χ4v) is 9.16. The third kappa shape index (κ3) is 58.8. The number of aliphatic hydroxyl groups excluding tert-OH is 1. The topological polar surface area (TPSA) is 155 Å². The van der Waals surface area contributed by atoms with Crippen LogP contribution < -0.4 is 0 Å². The molecule has 0 aromatic heterocycles. The van der Waals surface area contributed by atoms with E-state index in [0.29, 0.717) is 19.3 Å². The number of ether oxygens (including phenoxy) is 3. The van der Waals surface area contributed by atoms with Crippen LogP contribution in [-0.4, -0.2) is 66.5 Å². The minimum atomic E-state index is -4.79. The molecular formula is C68H115O11P. The number of carbonyl (C=O) groups is 3. The van der Waals surface area contributed by atoms with Gasteiger partial charge in [-0.15, -0.1) is 0 Å². The SMILES string of the molecule is CC/C=C\C/C=C\C/C=C\C/C=C\C/C=C\CC(=O)OC(CO)COP(=O)(O)OCC(COC(=O)CCCCCCCCCCC/C=C\CCCCCCCC)OC(=O)CCCCCCCC/C=C\C/C=C\C/C=C\CCCCC. The van der Waals surface area contributed by atoms with Crippen molar-refractivity contribution in [2.24, 2.45) is 0 Å². The highest BCUT2D eigenvalue weighted by Crippen LogP contribution is 2.43. The summed E-state index contributed by atoms with van der Waals surface area (Å²) in [7, 11) is -4.79. The highest BCUT2D eigenvalue weighted by atomic mass is 31.2. The maximum atomic E-state index is 13.0. The van der Waals surface area contributed by atoms with Gasteiger partial charge in [0.2, 0.25) is 0 Å². The van der Waals surface area contributed by atoms with Gasteiger partial charge in [0.05, 0.1) is 26.2 Å². The smallest absolute Gasteiger partial charge is 0.462 e. The third-order valence-corrected chi connectivity index (χ3v) is 14.1. The molecule has 0 aromatic rings. The number of carbonyl (C=O) groups excluding carboxylic acids is 3. The molecule has 458 valence electrons. The van der Waals surface area contributed by atoms with Crippen LogP contribution >= 0.6 is 7.82 Å². The summed E-state index contributed by atoms with van der Waals surface area (Å²) in [4.78, 5) is 48.7. The molecule has 0 aromatic carbocycles. The lowest BCUT2D eigenvalue weighted by Gasteiger charge is -2.21. The van der Waals surface area contributed by atoms with Crippen LogP contribution in [-0.2, 0) is 42.2 Å². The standard InChI is InChI=1S/C68H115O11P/c1-4-7-10-13-16-19-22-25-28-30-32-34-37-39-42-45-48-51-54-57-66(70)75-61-65(79-68(72)59-56-53-50-47-44-41-38-35-33-31-29-26-23-20-17-14-11-8-5-2)63-77-80(73,74)76-62-64(60-69)78-67(71)58-55-52-49-46-43-40-36-27-24-21-18-15-12-9-6-3/h9,12,17-18,20-21,25-29,33,35-36,43,46,52,55,64-65,69H,4-8,10-11,13-16,19,22-24,30-32,34,37-42,44-45,47-51,53-54,56-63H2,1-3H3,(H,73,74)/b12-9-,20-17-,21-18-,28-25-,29-26-,35-33-,36-27-,46-43-,55-52-. The van der Waals surface area contributed by atoms with E-state index in [1.165, 1.54) is 109 Å². The molecule has 11 nitrogen and oxygen atoms in total. The molecule has 0 aliphatic carbocycles. The zero-order valence-corrected chi connectivity index (χ0v) is 51.7. The Bertz CT molecular complexity index is 1760. The quantitative estimate of drug-likeness (QED) is 0.0197. The Labute approximate surface area is 488 Å². The summed E-state index contributed by atoms with van der Waals surface area (Å²) in [5, 5.41) is 9.82. The molecule has 0 radical (unpaired) electrons. The van der Waals surface area contributed by atoms with E-state index in [1.54, 1.807) is 6.08 Å². The van der Waals surface area contributed by atoms with Gasteiger partial charge in [0.1, 0.15) is 12.7 Å². The molecule has 0 aliphatic heterocycles. The van der Waals surface area contributed by atoms with E-state index in [1.807, 2.05) is 18.2 Å². The number of hydrogen-bond donors (Lipinski definition) is 2. The van der Waals surface area contributed by atoms with Gasteiger partial charge in [0.15, 0.2) is 6.10 Å². The fraction of sp³-hybridized carbons (Fsp3) is 0.691. The molecule has 0 rings (SSSR count). The van der Waals surface area contributed by atoms with E-state index in [-0.39, 0.29) is 25.9 Å². The highest BCUT2D eigenvalue weighted by Gasteiger charge is 2.28. The van der Waals surface area contributed by atoms with Crippen molar-refractivity contribution in [3.8, 4) is 0 Å². The number of esters is 3. The molecule has 2 N–H and O–H groups in total. The van der Waals surface area contributed by atoms with Crippen LogP contribution in [0.2, 0.25) is 0 Å². The van der Waals surface area contributed by atoms with Gasteiger partial charge in [-0.05, 0) is 109 Å². The lowest BCUT2D eigenvalue weighted by Crippen LogP contribution is -2.30. The fourth-order valence-electron chi connectivity index (χ4n) is 8.37. The van der Waals surface area contributed by atoms with Crippen molar-refractivity contribution in [3.05, 3.63) is 109 Å². The van der Waals surface area contributed by atoms with Gasteiger partial charge in [-0.25, -0.2) is 4.57 Å². The number of aliphatic hydroxyl groups is 1. The van der Waals surface area contributed by atoms with Crippen molar-refractivity contribution in [2.45, 2.75) is 277 Å². The van der Waals surface area contributed by atoms with Gasteiger partial charge in [-0.1, -0.05) is 246 Å². The second kappa shape index (κ2) is 61.2. The Hall–Kier alpha value is -3.86. The number of rotatable bonds is 58. The Kier molecular flexibility index (Phi) is 58.3.